The predicted molar refractivity (Wildman–Crippen MR) is 114 cm³/mol. The van der Waals surface area contributed by atoms with Crippen molar-refractivity contribution in [1.29, 1.82) is 0 Å². The summed E-state index contributed by atoms with van der Waals surface area (Å²) in [5, 5.41) is 0. The lowest BCUT2D eigenvalue weighted by molar-refractivity contribution is 0.0698. The number of carbonyl (C=O) groups excluding carboxylic acids is 1. The highest BCUT2D eigenvalue weighted by molar-refractivity contribution is 5.93. The third-order valence-corrected chi connectivity index (χ3v) is 5.45. The van der Waals surface area contributed by atoms with Crippen molar-refractivity contribution in [2.24, 2.45) is 0 Å². The molecule has 0 saturated carbocycles. The van der Waals surface area contributed by atoms with Crippen molar-refractivity contribution in [1.82, 2.24) is 24.8 Å². The molecule has 1 atom stereocenters. The van der Waals surface area contributed by atoms with E-state index in [1.807, 2.05) is 54.2 Å². The van der Waals surface area contributed by atoms with E-state index in [9.17, 15) is 4.79 Å². The highest BCUT2D eigenvalue weighted by atomic mass is 16.2. The number of hydrogen-bond donors (Lipinski definition) is 1. The van der Waals surface area contributed by atoms with E-state index in [1.54, 1.807) is 0 Å². The summed E-state index contributed by atoms with van der Waals surface area (Å²) in [7, 11) is 3.79. The van der Waals surface area contributed by atoms with Crippen molar-refractivity contribution in [2.75, 3.05) is 32.1 Å². The zero-order valence-electron chi connectivity index (χ0n) is 17.5. The summed E-state index contributed by atoms with van der Waals surface area (Å²) < 4.78 is 0. The van der Waals surface area contributed by atoms with Gasteiger partial charge in [0.15, 0.2) is 0 Å². The average molecular weight is 393 g/mol. The topological polar surface area (TPSA) is 78.0 Å². The minimum absolute atomic E-state index is 0.0294. The van der Waals surface area contributed by atoms with Crippen LogP contribution in [0.25, 0.3) is 11.0 Å². The Bertz CT molecular complexity index is 966. The molecule has 7 heteroatoms. The number of nitrogens with zero attached hydrogens (tertiary/aromatic N) is 5. The number of aromatic nitrogens is 4. The molecule has 0 radical (unpaired) electrons. The number of H-pyrrole nitrogens is 1. The number of benzene rings is 1. The molecule has 152 valence electrons. The maximum absolute atomic E-state index is 13.3. The lowest BCUT2D eigenvalue weighted by Gasteiger charge is -2.32. The van der Waals surface area contributed by atoms with Crippen LogP contribution in [0.3, 0.4) is 0 Å². The second-order valence-corrected chi connectivity index (χ2v) is 8.26. The van der Waals surface area contributed by atoms with Gasteiger partial charge in [0.1, 0.15) is 11.5 Å². The van der Waals surface area contributed by atoms with E-state index in [2.05, 4.69) is 28.8 Å². The van der Waals surface area contributed by atoms with E-state index in [-0.39, 0.29) is 17.7 Å². The van der Waals surface area contributed by atoms with Crippen molar-refractivity contribution in [3.63, 3.8) is 0 Å². The first-order chi connectivity index (χ1) is 13.9. The lowest BCUT2D eigenvalue weighted by atomic mass is 9.97. The molecule has 1 aromatic carbocycles. The molecule has 0 aliphatic carbocycles. The Morgan fingerprint density at radius 1 is 1.21 bits per heavy atom. The van der Waals surface area contributed by atoms with Gasteiger partial charge >= 0.3 is 0 Å². The Labute approximate surface area is 171 Å². The van der Waals surface area contributed by atoms with Gasteiger partial charge in [-0.25, -0.2) is 15.0 Å². The van der Waals surface area contributed by atoms with Crippen LogP contribution in [0, 0.1) is 0 Å². The molecular formula is C22H28N6O. The molecule has 1 fully saturated rings. The Morgan fingerprint density at radius 2 is 2.00 bits per heavy atom. The second kappa shape index (κ2) is 7.81. The Kier molecular flexibility index (Phi) is 5.22. The number of likely N-dealkylation sites (tertiary alicyclic amines) is 1. The highest BCUT2D eigenvalue weighted by Gasteiger charge is 2.28. The fourth-order valence-corrected chi connectivity index (χ4v) is 3.77. The molecule has 3 heterocycles. The molecule has 29 heavy (non-hydrogen) atoms. The quantitative estimate of drug-likeness (QED) is 0.734. The standard InChI is InChI=1S/C22H28N6O/c1-14(2)18-12-19(26-22(25-18)27(3)4)21(29)28-11-7-8-15(13-28)20-23-16-9-5-6-10-17(16)24-20/h5-6,9-10,12,14-15H,7-8,11,13H2,1-4H3,(H,23,24). The Hall–Kier alpha value is -2.96. The molecule has 0 spiro atoms. The number of nitrogens with one attached hydrogen (secondary N) is 1. The summed E-state index contributed by atoms with van der Waals surface area (Å²) in [4.78, 5) is 34.3. The van der Waals surface area contributed by atoms with Crippen LogP contribution < -0.4 is 4.90 Å². The number of aromatic amines is 1. The summed E-state index contributed by atoms with van der Waals surface area (Å²) in [6.45, 7) is 5.55. The first-order valence-corrected chi connectivity index (χ1v) is 10.2. The Morgan fingerprint density at radius 3 is 2.72 bits per heavy atom. The summed E-state index contributed by atoms with van der Waals surface area (Å²) in [6, 6.07) is 9.88. The number of fused-ring (bicyclic) bond motifs is 1. The van der Waals surface area contributed by atoms with Gasteiger partial charge in [0.05, 0.1) is 11.0 Å². The molecule has 1 saturated heterocycles. The predicted octanol–water partition coefficient (Wildman–Crippen LogP) is 3.56. The molecular weight excluding hydrogens is 364 g/mol. The van der Waals surface area contributed by atoms with Gasteiger partial charge in [-0.05, 0) is 37.0 Å². The molecule has 2 aromatic heterocycles. The van der Waals surface area contributed by atoms with Gasteiger partial charge in [0.25, 0.3) is 5.91 Å². The monoisotopic (exact) mass is 392 g/mol. The van der Waals surface area contributed by atoms with Crippen LogP contribution in [0.2, 0.25) is 0 Å². The summed E-state index contributed by atoms with van der Waals surface area (Å²) in [5.41, 5.74) is 3.37. The van der Waals surface area contributed by atoms with E-state index < -0.39 is 0 Å². The molecule has 3 aromatic rings. The molecule has 1 aliphatic rings. The van der Waals surface area contributed by atoms with Crippen LogP contribution in [-0.4, -0.2) is 57.9 Å². The van der Waals surface area contributed by atoms with Crippen LogP contribution in [0.5, 0.6) is 0 Å². The fourth-order valence-electron chi connectivity index (χ4n) is 3.77. The minimum atomic E-state index is -0.0294. The van der Waals surface area contributed by atoms with Gasteiger partial charge in [0.2, 0.25) is 5.95 Å². The van der Waals surface area contributed by atoms with Crippen molar-refractivity contribution in [2.45, 2.75) is 38.5 Å². The first kappa shape index (κ1) is 19.4. The minimum Gasteiger partial charge on any atom is -0.347 e. The number of carbonyl (C=O) groups is 1. The number of hydrogen-bond acceptors (Lipinski definition) is 5. The van der Waals surface area contributed by atoms with Crippen molar-refractivity contribution >= 4 is 22.9 Å². The van der Waals surface area contributed by atoms with Crippen LogP contribution in [0.15, 0.2) is 30.3 Å². The SMILES string of the molecule is CC(C)c1cc(C(=O)N2CCCC(c3nc4ccccc4[nH]3)C2)nc(N(C)C)n1. The van der Waals surface area contributed by atoms with Crippen molar-refractivity contribution < 1.29 is 4.79 Å². The third kappa shape index (κ3) is 3.95. The third-order valence-electron chi connectivity index (χ3n) is 5.45. The van der Waals surface area contributed by atoms with Gasteiger partial charge in [0, 0.05) is 38.8 Å². The average Bonchev–Trinajstić information content (AvgIpc) is 3.17. The van der Waals surface area contributed by atoms with E-state index >= 15 is 0 Å². The largest absolute Gasteiger partial charge is 0.347 e. The maximum atomic E-state index is 13.3. The summed E-state index contributed by atoms with van der Waals surface area (Å²) >= 11 is 0. The number of anilines is 1. The fraction of sp³-hybridized carbons (Fsp3) is 0.455. The van der Waals surface area contributed by atoms with Gasteiger partial charge in [-0.1, -0.05) is 26.0 Å². The van der Waals surface area contributed by atoms with Gasteiger partial charge in [-0.15, -0.1) is 0 Å². The van der Waals surface area contributed by atoms with Crippen LogP contribution in [-0.2, 0) is 0 Å². The van der Waals surface area contributed by atoms with Crippen molar-refractivity contribution in [3.05, 3.63) is 47.5 Å². The van der Waals surface area contributed by atoms with Crippen LogP contribution in [0.1, 0.15) is 60.5 Å². The summed E-state index contributed by atoms with van der Waals surface area (Å²) in [6.07, 6.45) is 1.98. The van der Waals surface area contributed by atoms with Gasteiger partial charge in [-0.3, -0.25) is 4.79 Å². The molecule has 1 amide bonds. The smallest absolute Gasteiger partial charge is 0.272 e. The van der Waals surface area contributed by atoms with E-state index in [0.717, 1.165) is 41.9 Å². The van der Waals surface area contributed by atoms with E-state index in [0.29, 0.717) is 18.2 Å². The molecule has 1 unspecified atom stereocenters. The zero-order valence-corrected chi connectivity index (χ0v) is 17.5. The highest BCUT2D eigenvalue weighted by Crippen LogP contribution is 2.28. The molecule has 1 N–H and O–H groups in total. The van der Waals surface area contributed by atoms with Gasteiger partial charge in [-0.2, -0.15) is 0 Å². The number of piperidine rings is 1. The van der Waals surface area contributed by atoms with Crippen molar-refractivity contribution in [3.8, 4) is 0 Å². The zero-order chi connectivity index (χ0) is 20.5. The number of rotatable bonds is 4. The molecule has 0 bridgehead atoms. The normalized spacial score (nSPS) is 17.1. The second-order valence-electron chi connectivity index (χ2n) is 8.26. The Balaban J connectivity index is 1.58. The molecule has 1 aliphatic heterocycles. The number of para-hydroxylation sites is 2. The molecule has 4 rings (SSSR count). The number of imidazole rings is 1. The van der Waals surface area contributed by atoms with Crippen LogP contribution >= 0.6 is 0 Å². The number of amides is 1. The summed E-state index contributed by atoms with van der Waals surface area (Å²) in [5.74, 6) is 1.94. The first-order valence-electron chi connectivity index (χ1n) is 10.2. The maximum Gasteiger partial charge on any atom is 0.272 e. The van der Waals surface area contributed by atoms with E-state index in [1.165, 1.54) is 0 Å². The van der Waals surface area contributed by atoms with Gasteiger partial charge < -0.3 is 14.8 Å². The van der Waals surface area contributed by atoms with Crippen LogP contribution in [0.4, 0.5) is 5.95 Å². The lowest BCUT2D eigenvalue weighted by Crippen LogP contribution is -2.40. The van der Waals surface area contributed by atoms with E-state index in [4.69, 9.17) is 4.98 Å². The molecule has 7 nitrogen and oxygen atoms in total.